The second-order valence-electron chi connectivity index (χ2n) is 11.2. The van der Waals surface area contributed by atoms with Crippen molar-refractivity contribution >= 4 is 5.57 Å². The molecule has 0 fully saturated rings. The second-order valence-corrected chi connectivity index (χ2v) is 11.2. The highest BCUT2D eigenvalue weighted by atomic mass is 14.8. The van der Waals surface area contributed by atoms with Crippen LogP contribution in [0.4, 0.5) is 0 Å². The fourth-order valence-electron chi connectivity index (χ4n) is 3.38. The fraction of sp³-hybridized carbons (Fsp3) is 0.548. The highest BCUT2D eigenvalue weighted by Gasteiger charge is 2.17. The lowest BCUT2D eigenvalue weighted by molar-refractivity contribution is 0.473. The van der Waals surface area contributed by atoms with E-state index in [1.54, 1.807) is 5.57 Å². The summed E-state index contributed by atoms with van der Waals surface area (Å²) in [6.45, 7) is 32.1. The van der Waals surface area contributed by atoms with E-state index in [0.717, 1.165) is 11.1 Å². The highest BCUT2D eigenvalue weighted by Crippen LogP contribution is 2.31. The molecule has 0 bridgehead atoms. The van der Waals surface area contributed by atoms with Gasteiger partial charge in [-0.2, -0.15) is 0 Å². The Morgan fingerprint density at radius 1 is 1.00 bits per heavy atom. The summed E-state index contributed by atoms with van der Waals surface area (Å²) in [4.78, 5) is 0. The van der Waals surface area contributed by atoms with E-state index in [0.29, 0.717) is 0 Å². The van der Waals surface area contributed by atoms with E-state index in [9.17, 15) is 0 Å². The molecule has 0 aliphatic rings. The van der Waals surface area contributed by atoms with Crippen LogP contribution >= 0.6 is 0 Å². The Morgan fingerprint density at radius 2 is 1.56 bits per heavy atom. The first kappa shape index (κ1) is 30.0. The lowest BCUT2D eigenvalue weighted by atomic mass is 9.83. The van der Waals surface area contributed by atoms with Gasteiger partial charge in [-0.3, -0.25) is 0 Å². The Hall–Kier alpha value is -2.02. The molecule has 0 aromatic heterocycles. The van der Waals surface area contributed by atoms with Crippen LogP contribution in [0.5, 0.6) is 0 Å². The minimum Gasteiger partial charge on any atom is -0.391 e. The maximum Gasteiger partial charge on any atom is 0.0164 e. The van der Waals surface area contributed by atoms with Crippen LogP contribution in [0.15, 0.2) is 59.8 Å². The largest absolute Gasteiger partial charge is 0.391 e. The number of benzene rings is 1. The van der Waals surface area contributed by atoms with Crippen LogP contribution < -0.4 is 5.32 Å². The summed E-state index contributed by atoms with van der Waals surface area (Å²) in [5.74, 6) is 0. The minimum atomic E-state index is 0.132. The van der Waals surface area contributed by atoms with Crippen molar-refractivity contribution in [2.75, 3.05) is 7.05 Å². The van der Waals surface area contributed by atoms with Crippen molar-refractivity contribution < 1.29 is 0 Å². The van der Waals surface area contributed by atoms with Gasteiger partial charge in [-0.1, -0.05) is 97.4 Å². The van der Waals surface area contributed by atoms with E-state index < -0.39 is 0 Å². The van der Waals surface area contributed by atoms with Crippen LogP contribution in [-0.4, -0.2) is 7.05 Å². The van der Waals surface area contributed by atoms with Gasteiger partial charge in [0, 0.05) is 18.2 Å². The Bertz CT molecular complexity index is 828. The van der Waals surface area contributed by atoms with Crippen molar-refractivity contribution in [3.63, 3.8) is 0 Å². The van der Waals surface area contributed by atoms with Gasteiger partial charge >= 0.3 is 0 Å². The molecule has 0 aliphatic heterocycles. The Kier molecular flexibility index (Phi) is 12.1. The molecule has 0 saturated heterocycles. The maximum atomic E-state index is 3.94. The average molecular weight is 438 g/mol. The number of nitrogens with one attached hydrogen (secondary N) is 1. The van der Waals surface area contributed by atoms with Crippen molar-refractivity contribution in [2.45, 2.75) is 101 Å². The van der Waals surface area contributed by atoms with E-state index in [1.807, 2.05) is 14.0 Å². The molecule has 1 N–H and O–H groups in total. The molecule has 1 heteroatoms. The summed E-state index contributed by atoms with van der Waals surface area (Å²) in [6, 6.07) is 6.97. The quantitative estimate of drug-likeness (QED) is 0.419. The minimum absolute atomic E-state index is 0.132. The molecule has 32 heavy (non-hydrogen) atoms. The van der Waals surface area contributed by atoms with E-state index in [2.05, 4.69) is 112 Å². The van der Waals surface area contributed by atoms with Crippen LogP contribution in [0, 0.1) is 12.3 Å². The van der Waals surface area contributed by atoms with Crippen LogP contribution in [0.2, 0.25) is 0 Å². The number of unbranched alkanes of at least 4 members (excludes halogenated alkanes) is 1. The van der Waals surface area contributed by atoms with Gasteiger partial charge in [-0.15, -0.1) is 0 Å². The zero-order valence-electron chi connectivity index (χ0n) is 23.3. The van der Waals surface area contributed by atoms with Crippen molar-refractivity contribution in [3.8, 4) is 0 Å². The van der Waals surface area contributed by atoms with Crippen LogP contribution in [0.1, 0.15) is 105 Å². The monoisotopic (exact) mass is 437 g/mol. The Labute approximate surface area is 200 Å². The van der Waals surface area contributed by atoms with Gasteiger partial charge in [-0.25, -0.2) is 0 Å². The SMILES string of the molecule is C=C(C)C(=C)/C=C(\NC)C(C)(C)C.CCCCC(=C(C)C)c1cc(C(C)(C)C)ccc1C. The van der Waals surface area contributed by atoms with Gasteiger partial charge in [0.25, 0.3) is 0 Å². The van der Waals surface area contributed by atoms with E-state index in [-0.39, 0.29) is 10.8 Å². The summed E-state index contributed by atoms with van der Waals surface area (Å²) in [5.41, 5.74) is 10.8. The van der Waals surface area contributed by atoms with E-state index in [1.165, 1.54) is 47.2 Å². The second kappa shape index (κ2) is 12.9. The van der Waals surface area contributed by atoms with Crippen LogP contribution in [0.3, 0.4) is 0 Å². The fourth-order valence-corrected chi connectivity index (χ4v) is 3.38. The van der Waals surface area contributed by atoms with Crippen molar-refractivity contribution in [2.24, 2.45) is 5.41 Å². The third-order valence-corrected chi connectivity index (χ3v) is 5.76. The molecule has 0 atom stereocenters. The topological polar surface area (TPSA) is 12.0 Å². The smallest absolute Gasteiger partial charge is 0.0164 e. The molecule has 0 heterocycles. The van der Waals surface area contributed by atoms with Crippen molar-refractivity contribution in [1.29, 1.82) is 0 Å². The van der Waals surface area contributed by atoms with E-state index >= 15 is 0 Å². The Morgan fingerprint density at radius 3 is 1.94 bits per heavy atom. The molecule has 1 nitrogen and oxygen atoms in total. The predicted molar refractivity (Wildman–Crippen MR) is 148 cm³/mol. The van der Waals surface area contributed by atoms with Crippen LogP contribution in [0.25, 0.3) is 5.57 Å². The number of rotatable bonds is 7. The zero-order valence-corrected chi connectivity index (χ0v) is 23.3. The third kappa shape index (κ3) is 10.1. The molecular weight excluding hydrogens is 386 g/mol. The molecule has 0 unspecified atom stereocenters. The van der Waals surface area contributed by atoms with Gasteiger partial charge in [-0.05, 0) is 79.9 Å². The lowest BCUT2D eigenvalue weighted by Crippen LogP contribution is -2.21. The third-order valence-electron chi connectivity index (χ3n) is 5.76. The normalized spacial score (nSPS) is 11.9. The first-order chi connectivity index (χ1) is 14.6. The Balaban J connectivity index is 0.000000649. The highest BCUT2D eigenvalue weighted by molar-refractivity contribution is 5.71. The summed E-state index contributed by atoms with van der Waals surface area (Å²) in [7, 11) is 1.93. The molecule has 180 valence electrons. The molecule has 0 radical (unpaired) electrons. The van der Waals surface area contributed by atoms with Gasteiger partial charge < -0.3 is 5.32 Å². The molecule has 0 saturated carbocycles. The molecule has 0 spiro atoms. The molecule has 0 aliphatic carbocycles. The molecule has 0 amide bonds. The average Bonchev–Trinajstić information content (AvgIpc) is 2.65. The van der Waals surface area contributed by atoms with Crippen molar-refractivity contribution in [1.82, 2.24) is 5.32 Å². The number of allylic oxidation sites excluding steroid dienone is 6. The summed E-state index contributed by atoms with van der Waals surface area (Å²) in [5, 5.41) is 3.19. The lowest BCUT2D eigenvalue weighted by Gasteiger charge is -2.23. The molecule has 1 aromatic carbocycles. The number of aryl methyl sites for hydroxylation is 1. The number of hydrogen-bond acceptors (Lipinski definition) is 1. The van der Waals surface area contributed by atoms with Gasteiger partial charge in [0.15, 0.2) is 0 Å². The standard InChI is InChI=1S/C19H30.C12H21N/c1-8-9-10-17(14(2)3)18-13-16(19(5,6)7)12-11-15(18)4;1-9(2)10(3)8-11(13-7)12(4,5)6/h11-13H,8-10H2,1-7H3;8,13H,1,3H2,2,4-7H3/b;11-8-. The van der Waals surface area contributed by atoms with Gasteiger partial charge in [0.05, 0.1) is 0 Å². The molecule has 1 aromatic rings. The maximum absolute atomic E-state index is 3.94. The van der Waals surface area contributed by atoms with E-state index in [4.69, 9.17) is 0 Å². The first-order valence-corrected chi connectivity index (χ1v) is 12.1. The first-order valence-electron chi connectivity index (χ1n) is 12.1. The molecular formula is C31H51N. The molecule has 1 rings (SSSR count). The summed E-state index contributed by atoms with van der Waals surface area (Å²) < 4.78 is 0. The summed E-state index contributed by atoms with van der Waals surface area (Å²) in [6.07, 6.45) is 5.80. The predicted octanol–water partition coefficient (Wildman–Crippen LogP) is 9.54. The van der Waals surface area contributed by atoms with Crippen molar-refractivity contribution in [3.05, 3.63) is 76.5 Å². The summed E-state index contributed by atoms with van der Waals surface area (Å²) >= 11 is 0. The van der Waals surface area contributed by atoms with Gasteiger partial charge in [0.1, 0.15) is 0 Å². The number of hydrogen-bond donors (Lipinski definition) is 1. The zero-order chi connectivity index (χ0) is 25.3. The van der Waals surface area contributed by atoms with Gasteiger partial charge in [0.2, 0.25) is 0 Å². The van der Waals surface area contributed by atoms with Crippen LogP contribution in [-0.2, 0) is 5.41 Å².